The molecule has 3 aromatic rings. The van der Waals surface area contributed by atoms with Crippen molar-refractivity contribution in [3.63, 3.8) is 0 Å². The van der Waals surface area contributed by atoms with Gasteiger partial charge in [0.2, 0.25) is 0 Å². The standard InChI is InChI=1S/C21H20ClN5O/c22-16-4-3-5-18(14-16)24-21(28)23-17-8-6-15(7-9-17)19-10-11-20(26-25-19)27-12-1-2-13-27/h3-11,14H,1-2,12-13H2,(H2,23,24,28). The van der Waals surface area contributed by atoms with Gasteiger partial charge in [0.05, 0.1) is 5.69 Å². The molecule has 2 aromatic carbocycles. The van der Waals surface area contributed by atoms with Gasteiger partial charge in [-0.3, -0.25) is 0 Å². The third-order valence-electron chi connectivity index (χ3n) is 4.60. The lowest BCUT2D eigenvalue weighted by atomic mass is 10.1. The SMILES string of the molecule is O=C(Nc1ccc(-c2ccc(N3CCCC3)nn2)cc1)Nc1cccc(Cl)c1. The molecule has 28 heavy (non-hydrogen) atoms. The van der Waals surface area contributed by atoms with Crippen molar-refractivity contribution in [2.45, 2.75) is 12.8 Å². The molecule has 1 fully saturated rings. The molecule has 0 atom stereocenters. The van der Waals surface area contributed by atoms with Gasteiger partial charge in [0, 0.05) is 35.1 Å². The summed E-state index contributed by atoms with van der Waals surface area (Å²) in [6.45, 7) is 2.09. The Balaban J connectivity index is 1.38. The molecule has 4 rings (SSSR count). The number of nitrogens with one attached hydrogen (secondary N) is 2. The minimum absolute atomic E-state index is 0.329. The number of amides is 2. The van der Waals surface area contributed by atoms with E-state index in [1.54, 1.807) is 24.3 Å². The van der Waals surface area contributed by atoms with E-state index in [9.17, 15) is 4.79 Å². The van der Waals surface area contributed by atoms with Crippen LogP contribution in [0, 0.1) is 0 Å². The average molecular weight is 394 g/mol. The molecule has 1 aliphatic rings. The number of carbonyl (C=O) groups excluding carboxylic acids is 1. The third kappa shape index (κ3) is 4.40. The first-order valence-electron chi connectivity index (χ1n) is 9.20. The topological polar surface area (TPSA) is 70.2 Å². The fraction of sp³-hybridized carbons (Fsp3) is 0.190. The van der Waals surface area contributed by atoms with E-state index >= 15 is 0 Å². The summed E-state index contributed by atoms with van der Waals surface area (Å²) in [5.74, 6) is 0.928. The molecule has 0 unspecified atom stereocenters. The summed E-state index contributed by atoms with van der Waals surface area (Å²) in [4.78, 5) is 14.4. The summed E-state index contributed by atoms with van der Waals surface area (Å²) in [6, 6.07) is 18.2. The van der Waals surface area contributed by atoms with Gasteiger partial charge in [-0.1, -0.05) is 29.8 Å². The van der Waals surface area contributed by atoms with Crippen molar-refractivity contribution in [1.29, 1.82) is 0 Å². The molecule has 1 aromatic heterocycles. The molecule has 142 valence electrons. The number of hydrogen-bond acceptors (Lipinski definition) is 4. The van der Waals surface area contributed by atoms with Crippen molar-refractivity contribution in [2.75, 3.05) is 28.6 Å². The molecule has 7 heteroatoms. The van der Waals surface area contributed by atoms with E-state index in [4.69, 9.17) is 11.6 Å². The molecule has 0 radical (unpaired) electrons. The highest BCUT2D eigenvalue weighted by Gasteiger charge is 2.14. The largest absolute Gasteiger partial charge is 0.355 e. The second kappa shape index (κ2) is 8.27. The molecule has 0 saturated carbocycles. The number of hydrogen-bond donors (Lipinski definition) is 2. The van der Waals surface area contributed by atoms with Crippen LogP contribution < -0.4 is 15.5 Å². The first-order valence-corrected chi connectivity index (χ1v) is 9.58. The van der Waals surface area contributed by atoms with Crippen molar-refractivity contribution in [1.82, 2.24) is 10.2 Å². The maximum absolute atomic E-state index is 12.1. The average Bonchev–Trinajstić information content (AvgIpc) is 3.23. The molecule has 1 saturated heterocycles. The lowest BCUT2D eigenvalue weighted by molar-refractivity contribution is 0.262. The van der Waals surface area contributed by atoms with Crippen molar-refractivity contribution in [2.24, 2.45) is 0 Å². The Morgan fingerprint density at radius 2 is 1.64 bits per heavy atom. The van der Waals surface area contributed by atoms with Gasteiger partial charge in [0.25, 0.3) is 0 Å². The first-order chi connectivity index (χ1) is 13.7. The van der Waals surface area contributed by atoms with Gasteiger partial charge in [-0.05, 0) is 55.3 Å². The number of urea groups is 1. The quantitative estimate of drug-likeness (QED) is 0.651. The lowest BCUT2D eigenvalue weighted by Crippen LogP contribution is -2.19. The second-order valence-electron chi connectivity index (χ2n) is 6.64. The van der Waals surface area contributed by atoms with E-state index in [1.807, 2.05) is 36.4 Å². The Morgan fingerprint density at radius 3 is 2.32 bits per heavy atom. The van der Waals surface area contributed by atoms with Gasteiger partial charge in [0.1, 0.15) is 0 Å². The highest BCUT2D eigenvalue weighted by atomic mass is 35.5. The van der Waals surface area contributed by atoms with E-state index in [-0.39, 0.29) is 6.03 Å². The number of nitrogens with zero attached hydrogens (tertiary/aromatic N) is 3. The number of benzene rings is 2. The Morgan fingerprint density at radius 1 is 0.893 bits per heavy atom. The monoisotopic (exact) mass is 393 g/mol. The summed E-state index contributed by atoms with van der Waals surface area (Å²) >= 11 is 5.93. The maximum Gasteiger partial charge on any atom is 0.323 e. The molecule has 2 N–H and O–H groups in total. The van der Waals surface area contributed by atoms with Crippen molar-refractivity contribution >= 4 is 34.8 Å². The zero-order chi connectivity index (χ0) is 19.3. The highest BCUT2D eigenvalue weighted by Crippen LogP contribution is 2.22. The van der Waals surface area contributed by atoms with E-state index in [0.29, 0.717) is 16.4 Å². The van der Waals surface area contributed by atoms with Crippen LogP contribution in [-0.4, -0.2) is 29.3 Å². The Hall–Kier alpha value is -3.12. The van der Waals surface area contributed by atoms with E-state index in [2.05, 4.69) is 25.7 Å². The minimum Gasteiger partial charge on any atom is -0.355 e. The molecular weight excluding hydrogens is 374 g/mol. The normalized spacial score (nSPS) is 13.4. The van der Waals surface area contributed by atoms with Crippen LogP contribution in [0.25, 0.3) is 11.3 Å². The zero-order valence-corrected chi connectivity index (χ0v) is 16.0. The summed E-state index contributed by atoms with van der Waals surface area (Å²) in [7, 11) is 0. The molecule has 0 spiro atoms. The molecule has 1 aliphatic heterocycles. The highest BCUT2D eigenvalue weighted by molar-refractivity contribution is 6.30. The van der Waals surface area contributed by atoms with Gasteiger partial charge in [-0.2, -0.15) is 0 Å². The zero-order valence-electron chi connectivity index (χ0n) is 15.2. The van der Waals surface area contributed by atoms with Crippen LogP contribution >= 0.6 is 11.6 Å². The van der Waals surface area contributed by atoms with E-state index in [0.717, 1.165) is 30.2 Å². The third-order valence-corrected chi connectivity index (χ3v) is 4.84. The number of rotatable bonds is 4. The number of anilines is 3. The Kier molecular flexibility index (Phi) is 5.39. The van der Waals surface area contributed by atoms with E-state index < -0.39 is 0 Å². The fourth-order valence-electron chi connectivity index (χ4n) is 3.18. The molecule has 0 bridgehead atoms. The number of halogens is 1. The number of aromatic nitrogens is 2. The van der Waals surface area contributed by atoms with Crippen LogP contribution in [0.1, 0.15) is 12.8 Å². The molecule has 2 heterocycles. The molecule has 0 aliphatic carbocycles. The smallest absolute Gasteiger partial charge is 0.323 e. The molecule has 2 amide bonds. The predicted octanol–water partition coefficient (Wildman–Crippen LogP) is 5.04. The summed E-state index contributed by atoms with van der Waals surface area (Å²) in [5, 5.41) is 14.8. The van der Waals surface area contributed by atoms with Gasteiger partial charge >= 0.3 is 6.03 Å². The van der Waals surface area contributed by atoms with Gasteiger partial charge in [-0.25, -0.2) is 4.79 Å². The molecular formula is C21H20ClN5O. The fourth-order valence-corrected chi connectivity index (χ4v) is 3.37. The minimum atomic E-state index is -0.329. The van der Waals surface area contributed by atoms with Crippen molar-refractivity contribution < 1.29 is 4.79 Å². The van der Waals surface area contributed by atoms with Gasteiger partial charge in [0.15, 0.2) is 5.82 Å². The van der Waals surface area contributed by atoms with Crippen LogP contribution in [0.15, 0.2) is 60.7 Å². The van der Waals surface area contributed by atoms with Gasteiger partial charge in [-0.15, -0.1) is 10.2 Å². The predicted molar refractivity (Wildman–Crippen MR) is 113 cm³/mol. The Bertz CT molecular complexity index is 953. The summed E-state index contributed by atoms with van der Waals surface area (Å²) < 4.78 is 0. The van der Waals surface area contributed by atoms with Crippen LogP contribution in [0.4, 0.5) is 22.0 Å². The van der Waals surface area contributed by atoms with Crippen LogP contribution in [0.2, 0.25) is 5.02 Å². The van der Waals surface area contributed by atoms with Crippen molar-refractivity contribution in [3.05, 3.63) is 65.7 Å². The Labute approximate surface area is 168 Å². The molecule has 6 nitrogen and oxygen atoms in total. The van der Waals surface area contributed by atoms with Crippen LogP contribution in [0.5, 0.6) is 0 Å². The maximum atomic E-state index is 12.1. The van der Waals surface area contributed by atoms with Gasteiger partial charge < -0.3 is 15.5 Å². The summed E-state index contributed by atoms with van der Waals surface area (Å²) in [5.41, 5.74) is 3.07. The van der Waals surface area contributed by atoms with Crippen molar-refractivity contribution in [3.8, 4) is 11.3 Å². The van der Waals surface area contributed by atoms with Crippen LogP contribution in [0.3, 0.4) is 0 Å². The second-order valence-corrected chi connectivity index (χ2v) is 7.07. The van der Waals surface area contributed by atoms with E-state index in [1.165, 1.54) is 12.8 Å². The van der Waals surface area contributed by atoms with Crippen LogP contribution in [-0.2, 0) is 0 Å². The lowest BCUT2D eigenvalue weighted by Gasteiger charge is -2.15. The number of carbonyl (C=O) groups is 1. The first kappa shape index (κ1) is 18.3. The summed E-state index contributed by atoms with van der Waals surface area (Å²) in [6.07, 6.45) is 2.42.